The first-order valence-corrected chi connectivity index (χ1v) is 11.2. The highest BCUT2D eigenvalue weighted by Gasteiger charge is 2.37. The molecule has 32 heavy (non-hydrogen) atoms. The molecule has 1 fully saturated rings. The van der Waals surface area contributed by atoms with Crippen LogP contribution in [0.3, 0.4) is 0 Å². The molecule has 0 bridgehead atoms. The van der Waals surface area contributed by atoms with E-state index in [4.69, 9.17) is 0 Å². The maximum atomic E-state index is 15.0. The molecule has 7 heteroatoms. The van der Waals surface area contributed by atoms with Gasteiger partial charge >= 0.3 is 0 Å². The molecule has 168 valence electrons. The smallest absolute Gasteiger partial charge is 0.185 e. The minimum absolute atomic E-state index is 0.0486. The second-order valence-corrected chi connectivity index (χ2v) is 9.14. The van der Waals surface area contributed by atoms with Gasteiger partial charge in [-0.1, -0.05) is 26.8 Å². The maximum Gasteiger partial charge on any atom is 0.185 e. The van der Waals surface area contributed by atoms with Crippen LogP contribution in [0.4, 0.5) is 4.39 Å². The number of alkyl halides is 1. The lowest BCUT2D eigenvalue weighted by atomic mass is 9.74. The summed E-state index contributed by atoms with van der Waals surface area (Å²) in [7, 11) is 0. The highest BCUT2D eigenvalue weighted by Crippen LogP contribution is 2.45. The molecule has 1 saturated carbocycles. The van der Waals surface area contributed by atoms with Gasteiger partial charge in [-0.25, -0.2) is 14.4 Å². The molecule has 1 aliphatic rings. The average Bonchev–Trinajstić information content (AvgIpc) is 3.27. The Morgan fingerprint density at radius 1 is 1.34 bits per heavy atom. The van der Waals surface area contributed by atoms with Crippen LogP contribution in [0.25, 0.3) is 22.6 Å². The molecule has 0 spiro atoms. The Morgan fingerprint density at radius 2 is 2.19 bits per heavy atom. The van der Waals surface area contributed by atoms with Crippen molar-refractivity contribution in [2.75, 3.05) is 0 Å². The largest absolute Gasteiger partial charge is 0.507 e. The predicted molar refractivity (Wildman–Crippen MR) is 123 cm³/mol. The summed E-state index contributed by atoms with van der Waals surface area (Å²) in [6.45, 7) is 8.63. The normalized spacial score (nSPS) is 23.6. The Bertz CT molecular complexity index is 1070. The van der Waals surface area contributed by atoms with E-state index in [2.05, 4.69) is 40.6 Å². The van der Waals surface area contributed by atoms with E-state index in [0.29, 0.717) is 29.1 Å². The summed E-state index contributed by atoms with van der Waals surface area (Å²) in [6, 6.07) is 5.22. The van der Waals surface area contributed by atoms with Crippen molar-refractivity contribution in [2.45, 2.75) is 58.5 Å². The van der Waals surface area contributed by atoms with Gasteiger partial charge in [0.2, 0.25) is 0 Å². The minimum atomic E-state index is -0.928. The lowest BCUT2D eigenvalue weighted by Crippen LogP contribution is -2.24. The number of aromatic hydroxyl groups is 1. The molecular weight excluding hydrogens is 405 g/mol. The van der Waals surface area contributed by atoms with Crippen molar-refractivity contribution in [3.63, 3.8) is 0 Å². The third-order valence-corrected chi connectivity index (χ3v) is 6.63. The summed E-state index contributed by atoms with van der Waals surface area (Å²) in [5, 5.41) is 19.0. The van der Waals surface area contributed by atoms with E-state index in [1.54, 1.807) is 41.6 Å². The van der Waals surface area contributed by atoms with Crippen LogP contribution < -0.4 is 0 Å². The monoisotopic (exact) mass is 435 g/mol. The molecule has 6 nitrogen and oxygen atoms in total. The van der Waals surface area contributed by atoms with Crippen molar-refractivity contribution >= 4 is 5.57 Å². The van der Waals surface area contributed by atoms with Crippen LogP contribution in [0.5, 0.6) is 5.75 Å². The van der Waals surface area contributed by atoms with Crippen LogP contribution in [0, 0.1) is 11.3 Å². The number of aromatic nitrogens is 5. The molecule has 0 radical (unpaired) electrons. The van der Waals surface area contributed by atoms with Gasteiger partial charge in [0.25, 0.3) is 0 Å². The molecule has 2 aromatic heterocycles. The van der Waals surface area contributed by atoms with E-state index in [-0.39, 0.29) is 17.1 Å². The summed E-state index contributed by atoms with van der Waals surface area (Å²) in [4.78, 5) is 8.42. The SMILES string of the molecule is C=C(c1cnc(-c2ccc(-n3ccnc3)cc2O)nn1)[C@@H]1C[C@](C)(CCC)CCC[C@H]1F. The fourth-order valence-electron chi connectivity index (χ4n) is 4.88. The summed E-state index contributed by atoms with van der Waals surface area (Å²) in [5.41, 5.74) is 2.54. The van der Waals surface area contributed by atoms with Crippen LogP contribution >= 0.6 is 0 Å². The number of hydrogen-bond acceptors (Lipinski definition) is 5. The van der Waals surface area contributed by atoms with Crippen LogP contribution in [-0.2, 0) is 0 Å². The van der Waals surface area contributed by atoms with E-state index < -0.39 is 6.17 Å². The molecular formula is C25H30FN5O. The molecule has 3 atom stereocenters. The van der Waals surface area contributed by atoms with E-state index in [0.717, 1.165) is 37.8 Å². The molecule has 1 aliphatic carbocycles. The zero-order chi connectivity index (χ0) is 22.7. The van der Waals surface area contributed by atoms with Crippen LogP contribution in [-0.4, -0.2) is 36.0 Å². The molecule has 0 saturated heterocycles. The van der Waals surface area contributed by atoms with Crippen LogP contribution in [0.15, 0.2) is 49.7 Å². The van der Waals surface area contributed by atoms with Gasteiger partial charge in [-0.3, -0.25) is 0 Å². The fourth-order valence-corrected chi connectivity index (χ4v) is 4.88. The van der Waals surface area contributed by atoms with Crippen molar-refractivity contribution in [1.82, 2.24) is 24.7 Å². The number of phenols is 1. The fraction of sp³-hybridized carbons (Fsp3) is 0.440. The highest BCUT2D eigenvalue weighted by atomic mass is 19.1. The highest BCUT2D eigenvalue weighted by molar-refractivity contribution is 5.67. The van der Waals surface area contributed by atoms with E-state index >= 15 is 4.39 Å². The topological polar surface area (TPSA) is 76.7 Å². The second kappa shape index (κ2) is 9.18. The molecule has 1 N–H and O–H groups in total. The third-order valence-electron chi connectivity index (χ3n) is 6.63. The number of phenolic OH excluding ortho intramolecular Hbond substituents is 1. The van der Waals surface area contributed by atoms with Crippen LogP contribution in [0.1, 0.15) is 58.1 Å². The number of hydrogen-bond donors (Lipinski definition) is 1. The van der Waals surface area contributed by atoms with E-state index in [1.165, 1.54) is 0 Å². The Balaban J connectivity index is 1.55. The molecule has 4 rings (SSSR count). The number of rotatable bonds is 6. The number of benzene rings is 1. The van der Waals surface area contributed by atoms with Crippen LogP contribution in [0.2, 0.25) is 0 Å². The van der Waals surface area contributed by atoms with Gasteiger partial charge in [-0.05, 0) is 55.2 Å². The summed E-state index contributed by atoms with van der Waals surface area (Å²) in [6.07, 6.45) is 11.2. The molecule has 0 unspecified atom stereocenters. The van der Waals surface area contributed by atoms with Crippen molar-refractivity contribution in [1.29, 1.82) is 0 Å². The first-order chi connectivity index (χ1) is 15.4. The van der Waals surface area contributed by atoms with Gasteiger partial charge in [0.1, 0.15) is 17.6 Å². The Labute approximate surface area is 188 Å². The van der Waals surface area contributed by atoms with E-state index in [1.807, 2.05) is 6.07 Å². The lowest BCUT2D eigenvalue weighted by molar-refractivity contribution is 0.200. The van der Waals surface area contributed by atoms with Gasteiger partial charge in [-0.2, -0.15) is 0 Å². The van der Waals surface area contributed by atoms with Crippen molar-refractivity contribution in [2.24, 2.45) is 11.3 Å². The minimum Gasteiger partial charge on any atom is -0.507 e. The standard InChI is InChI=1S/C25H30FN5O/c1-4-9-25(3)10-5-6-21(26)20(14-25)17(2)22-15-28-24(30-29-22)19-8-7-18(13-23(19)32)31-12-11-27-16-31/h7-8,11-13,15-16,20-21,32H,2,4-6,9-10,14H2,1,3H3/t20-,21+,25+/m0/s1. The zero-order valence-corrected chi connectivity index (χ0v) is 18.7. The molecule has 3 aromatic rings. The number of imidazole rings is 1. The summed E-state index contributed by atoms with van der Waals surface area (Å²) in [5.74, 6) is 0.0797. The summed E-state index contributed by atoms with van der Waals surface area (Å²) < 4.78 is 16.8. The van der Waals surface area contributed by atoms with Crippen molar-refractivity contribution in [3.05, 3.63) is 55.4 Å². The van der Waals surface area contributed by atoms with Gasteiger partial charge < -0.3 is 9.67 Å². The van der Waals surface area contributed by atoms with E-state index in [9.17, 15) is 5.11 Å². The number of allylic oxidation sites excluding steroid dienone is 1. The Morgan fingerprint density at radius 3 is 2.84 bits per heavy atom. The van der Waals surface area contributed by atoms with Crippen molar-refractivity contribution in [3.8, 4) is 22.8 Å². The number of halogens is 1. The molecule has 0 aliphatic heterocycles. The first kappa shape index (κ1) is 22.1. The lowest BCUT2D eigenvalue weighted by Gasteiger charge is -2.32. The van der Waals surface area contributed by atoms with Gasteiger partial charge in [0.05, 0.1) is 23.8 Å². The molecule has 0 amide bonds. The van der Waals surface area contributed by atoms with Gasteiger partial charge in [0, 0.05) is 24.4 Å². The zero-order valence-electron chi connectivity index (χ0n) is 18.7. The maximum absolute atomic E-state index is 15.0. The van der Waals surface area contributed by atoms with Gasteiger partial charge in [0.15, 0.2) is 5.82 Å². The quantitative estimate of drug-likeness (QED) is 0.497. The predicted octanol–water partition coefficient (Wildman–Crippen LogP) is 5.78. The second-order valence-electron chi connectivity index (χ2n) is 9.14. The van der Waals surface area contributed by atoms with Crippen molar-refractivity contribution < 1.29 is 9.50 Å². The molecule has 1 aromatic carbocycles. The van der Waals surface area contributed by atoms with Gasteiger partial charge in [-0.15, -0.1) is 10.2 Å². The Hall–Kier alpha value is -3.09. The first-order valence-electron chi connectivity index (χ1n) is 11.2. The Kier molecular flexibility index (Phi) is 6.35. The average molecular weight is 436 g/mol. The number of nitrogens with zero attached hydrogens (tertiary/aromatic N) is 5. The third kappa shape index (κ3) is 4.56. The summed E-state index contributed by atoms with van der Waals surface area (Å²) >= 11 is 0. The molecule has 2 heterocycles.